The number of nitrogens with zero attached hydrogens (tertiary/aromatic N) is 3. The lowest BCUT2D eigenvalue weighted by Gasteiger charge is -2.45. The molecular weight excluding hydrogens is 346 g/mol. The smallest absolute Gasteiger partial charge is 0.291 e. The van der Waals surface area contributed by atoms with E-state index in [9.17, 15) is 4.79 Å². The summed E-state index contributed by atoms with van der Waals surface area (Å²) in [5, 5.41) is 0. The van der Waals surface area contributed by atoms with Crippen molar-refractivity contribution in [2.45, 2.75) is 51.2 Å². The Morgan fingerprint density at radius 2 is 2.11 bits per heavy atom. The predicted molar refractivity (Wildman–Crippen MR) is 97.7 cm³/mol. The van der Waals surface area contributed by atoms with Crippen molar-refractivity contribution in [1.82, 2.24) is 14.9 Å². The Kier molecular flexibility index (Phi) is 4.86. The monoisotopic (exact) mass is 371 g/mol. The van der Waals surface area contributed by atoms with E-state index in [1.54, 1.807) is 13.1 Å². The van der Waals surface area contributed by atoms with Gasteiger partial charge >= 0.3 is 0 Å². The SMILES string of the molecule is Cc1ccnc(OC2CCOC3(CCN(C(=O)c4ocnc4C)CC3)C2)c1. The third-order valence-corrected chi connectivity index (χ3v) is 5.53. The number of aromatic nitrogens is 2. The number of pyridine rings is 1. The summed E-state index contributed by atoms with van der Waals surface area (Å²) in [4.78, 5) is 22.8. The first kappa shape index (κ1) is 18.0. The molecule has 2 aromatic rings. The molecule has 4 rings (SSSR count). The normalized spacial score (nSPS) is 22.0. The van der Waals surface area contributed by atoms with Crippen molar-refractivity contribution in [3.63, 3.8) is 0 Å². The molecule has 7 nitrogen and oxygen atoms in total. The van der Waals surface area contributed by atoms with Crippen molar-refractivity contribution in [1.29, 1.82) is 0 Å². The molecule has 2 aromatic heterocycles. The van der Waals surface area contributed by atoms with Crippen LogP contribution in [0.5, 0.6) is 5.88 Å². The highest BCUT2D eigenvalue weighted by molar-refractivity contribution is 5.92. The van der Waals surface area contributed by atoms with Gasteiger partial charge in [-0.15, -0.1) is 0 Å². The molecule has 0 N–H and O–H groups in total. The molecule has 2 saturated heterocycles. The van der Waals surface area contributed by atoms with Gasteiger partial charge < -0.3 is 18.8 Å². The molecule has 27 heavy (non-hydrogen) atoms. The fraction of sp³-hybridized carbons (Fsp3) is 0.550. The van der Waals surface area contributed by atoms with Crippen LogP contribution in [0.15, 0.2) is 29.1 Å². The molecule has 4 heterocycles. The second-order valence-corrected chi connectivity index (χ2v) is 7.49. The van der Waals surface area contributed by atoms with E-state index in [0.29, 0.717) is 37.0 Å². The van der Waals surface area contributed by atoms with Crippen LogP contribution in [0.25, 0.3) is 0 Å². The summed E-state index contributed by atoms with van der Waals surface area (Å²) in [7, 11) is 0. The minimum Gasteiger partial charge on any atom is -0.474 e. The van der Waals surface area contributed by atoms with Gasteiger partial charge in [0, 0.05) is 38.2 Å². The van der Waals surface area contributed by atoms with Crippen LogP contribution in [0.3, 0.4) is 0 Å². The number of hydrogen-bond acceptors (Lipinski definition) is 6. The Morgan fingerprint density at radius 3 is 2.81 bits per heavy atom. The highest BCUT2D eigenvalue weighted by atomic mass is 16.5. The number of ether oxygens (including phenoxy) is 2. The fourth-order valence-electron chi connectivity index (χ4n) is 3.94. The van der Waals surface area contributed by atoms with E-state index in [1.807, 2.05) is 24.0 Å². The molecule has 2 fully saturated rings. The Labute approximate surface area is 158 Å². The number of amides is 1. The molecule has 1 atom stereocenters. The number of carbonyl (C=O) groups is 1. The summed E-state index contributed by atoms with van der Waals surface area (Å²) in [5.41, 5.74) is 1.55. The Balaban J connectivity index is 1.37. The van der Waals surface area contributed by atoms with E-state index in [4.69, 9.17) is 13.9 Å². The molecule has 0 saturated carbocycles. The third kappa shape index (κ3) is 3.83. The number of aryl methyl sites for hydroxylation is 2. The van der Waals surface area contributed by atoms with Gasteiger partial charge in [-0.25, -0.2) is 9.97 Å². The lowest BCUT2D eigenvalue weighted by atomic mass is 9.83. The lowest BCUT2D eigenvalue weighted by molar-refractivity contribution is -0.135. The molecular formula is C20H25N3O4. The van der Waals surface area contributed by atoms with E-state index in [-0.39, 0.29) is 17.6 Å². The third-order valence-electron chi connectivity index (χ3n) is 5.53. The molecule has 0 radical (unpaired) electrons. The Bertz CT molecular complexity index is 811. The number of hydrogen-bond donors (Lipinski definition) is 0. The Morgan fingerprint density at radius 1 is 1.30 bits per heavy atom. The van der Waals surface area contributed by atoms with Gasteiger partial charge in [-0.05, 0) is 38.3 Å². The van der Waals surface area contributed by atoms with Crippen molar-refractivity contribution >= 4 is 5.91 Å². The molecule has 1 amide bonds. The van der Waals surface area contributed by atoms with Gasteiger partial charge in [-0.2, -0.15) is 0 Å². The van der Waals surface area contributed by atoms with Crippen LogP contribution >= 0.6 is 0 Å². The first-order valence-electron chi connectivity index (χ1n) is 9.47. The zero-order valence-electron chi connectivity index (χ0n) is 15.8. The van der Waals surface area contributed by atoms with Crippen LogP contribution in [0, 0.1) is 13.8 Å². The summed E-state index contributed by atoms with van der Waals surface area (Å²) >= 11 is 0. The van der Waals surface area contributed by atoms with E-state index in [0.717, 1.165) is 31.2 Å². The first-order valence-corrected chi connectivity index (χ1v) is 9.47. The van der Waals surface area contributed by atoms with E-state index in [1.165, 1.54) is 6.39 Å². The van der Waals surface area contributed by atoms with Gasteiger partial charge in [-0.1, -0.05) is 0 Å². The van der Waals surface area contributed by atoms with Gasteiger partial charge in [0.1, 0.15) is 6.10 Å². The summed E-state index contributed by atoms with van der Waals surface area (Å²) in [6.07, 6.45) is 6.46. The largest absolute Gasteiger partial charge is 0.474 e. The van der Waals surface area contributed by atoms with Crippen LogP contribution in [0.2, 0.25) is 0 Å². The zero-order chi connectivity index (χ0) is 18.9. The highest BCUT2D eigenvalue weighted by Crippen LogP contribution is 2.36. The number of oxazole rings is 1. The second kappa shape index (κ2) is 7.31. The topological polar surface area (TPSA) is 77.7 Å². The standard InChI is InChI=1S/C20H25N3O4/c1-14-3-7-21-17(11-14)27-16-4-10-26-20(12-16)5-8-23(9-6-20)19(24)18-15(2)22-13-25-18/h3,7,11,13,16H,4-6,8-10,12H2,1-2H3. The maximum Gasteiger partial charge on any atom is 0.291 e. The molecule has 144 valence electrons. The van der Waals surface area contributed by atoms with E-state index < -0.39 is 0 Å². The van der Waals surface area contributed by atoms with Crippen molar-refractivity contribution in [3.8, 4) is 5.88 Å². The molecule has 0 aromatic carbocycles. The average molecular weight is 371 g/mol. The van der Waals surface area contributed by atoms with Crippen LogP contribution in [0.4, 0.5) is 0 Å². The summed E-state index contributed by atoms with van der Waals surface area (Å²) in [6.45, 7) is 5.78. The van der Waals surface area contributed by atoms with Gasteiger partial charge in [0.05, 0.1) is 17.9 Å². The average Bonchev–Trinajstić information content (AvgIpc) is 3.08. The van der Waals surface area contributed by atoms with Crippen LogP contribution in [-0.2, 0) is 4.74 Å². The lowest BCUT2D eigenvalue weighted by Crippen LogP contribution is -2.52. The quantitative estimate of drug-likeness (QED) is 0.826. The van der Waals surface area contributed by atoms with Gasteiger partial charge in [-0.3, -0.25) is 4.79 Å². The predicted octanol–water partition coefficient (Wildman–Crippen LogP) is 2.92. The fourth-order valence-corrected chi connectivity index (χ4v) is 3.94. The second-order valence-electron chi connectivity index (χ2n) is 7.49. The van der Waals surface area contributed by atoms with Crippen molar-refractivity contribution in [3.05, 3.63) is 41.7 Å². The van der Waals surface area contributed by atoms with Crippen molar-refractivity contribution in [2.75, 3.05) is 19.7 Å². The van der Waals surface area contributed by atoms with Gasteiger partial charge in [0.2, 0.25) is 11.6 Å². The van der Waals surface area contributed by atoms with Crippen LogP contribution in [0.1, 0.15) is 47.5 Å². The molecule has 0 bridgehead atoms. The maximum absolute atomic E-state index is 12.6. The van der Waals surface area contributed by atoms with Crippen molar-refractivity contribution in [2.24, 2.45) is 0 Å². The molecule has 1 spiro atoms. The molecule has 7 heteroatoms. The highest BCUT2D eigenvalue weighted by Gasteiger charge is 2.42. The molecule has 2 aliphatic heterocycles. The first-order chi connectivity index (χ1) is 13.0. The summed E-state index contributed by atoms with van der Waals surface area (Å²) < 4.78 is 17.5. The number of likely N-dealkylation sites (tertiary alicyclic amines) is 1. The summed E-state index contributed by atoms with van der Waals surface area (Å²) in [5.74, 6) is 0.917. The van der Waals surface area contributed by atoms with E-state index >= 15 is 0 Å². The van der Waals surface area contributed by atoms with Gasteiger partial charge in [0.25, 0.3) is 5.91 Å². The molecule has 2 aliphatic rings. The molecule has 0 aliphatic carbocycles. The molecule has 1 unspecified atom stereocenters. The minimum absolute atomic E-state index is 0.0896. The maximum atomic E-state index is 12.6. The number of rotatable bonds is 3. The summed E-state index contributed by atoms with van der Waals surface area (Å²) in [6, 6.07) is 3.92. The van der Waals surface area contributed by atoms with E-state index in [2.05, 4.69) is 9.97 Å². The Hall–Kier alpha value is -2.41. The van der Waals surface area contributed by atoms with Crippen LogP contribution < -0.4 is 4.74 Å². The van der Waals surface area contributed by atoms with Gasteiger partial charge in [0.15, 0.2) is 6.39 Å². The minimum atomic E-state index is -0.222. The zero-order valence-corrected chi connectivity index (χ0v) is 15.8. The number of carbonyl (C=O) groups excluding carboxylic acids is 1. The van der Waals surface area contributed by atoms with Crippen molar-refractivity contribution < 1.29 is 18.7 Å². The van der Waals surface area contributed by atoms with Crippen LogP contribution in [-0.4, -0.2) is 52.2 Å². The number of piperidine rings is 1.